The summed E-state index contributed by atoms with van der Waals surface area (Å²) in [4.78, 5) is 27.1. The summed E-state index contributed by atoms with van der Waals surface area (Å²) in [5.41, 5.74) is 2.52. The smallest absolute Gasteiger partial charge is 0.225 e. The van der Waals surface area contributed by atoms with Crippen LogP contribution in [0.2, 0.25) is 0 Å². The van der Waals surface area contributed by atoms with Crippen LogP contribution in [0.4, 0.5) is 0 Å². The van der Waals surface area contributed by atoms with Crippen LogP contribution in [0.1, 0.15) is 56.1 Å². The van der Waals surface area contributed by atoms with Crippen LogP contribution in [0.15, 0.2) is 24.3 Å². The van der Waals surface area contributed by atoms with Gasteiger partial charge in [0.1, 0.15) is 0 Å². The quantitative estimate of drug-likeness (QED) is 0.896. The average Bonchev–Trinajstić information content (AvgIpc) is 3.00. The molecule has 0 spiro atoms. The molecule has 0 aromatic heterocycles. The van der Waals surface area contributed by atoms with Crippen molar-refractivity contribution in [3.05, 3.63) is 35.4 Å². The first kappa shape index (κ1) is 16.6. The molecule has 1 aromatic rings. The fraction of sp³-hybridized carbons (Fsp3) is 0.619. The summed E-state index contributed by atoms with van der Waals surface area (Å²) < 4.78 is 0. The molecule has 1 heterocycles. The largest absolute Gasteiger partial charge is 0.350 e. The van der Waals surface area contributed by atoms with Crippen LogP contribution in [0.25, 0.3) is 0 Å². The van der Waals surface area contributed by atoms with Crippen LogP contribution in [0.5, 0.6) is 0 Å². The van der Waals surface area contributed by atoms with E-state index < -0.39 is 0 Å². The molecule has 1 atom stereocenters. The molecule has 1 N–H and O–H groups in total. The van der Waals surface area contributed by atoms with Gasteiger partial charge in [0, 0.05) is 24.5 Å². The fourth-order valence-corrected chi connectivity index (χ4v) is 4.51. The van der Waals surface area contributed by atoms with Gasteiger partial charge in [-0.2, -0.15) is 0 Å². The molecule has 25 heavy (non-hydrogen) atoms. The van der Waals surface area contributed by atoms with Gasteiger partial charge in [0.25, 0.3) is 0 Å². The maximum atomic E-state index is 12.8. The SMILES string of the molecule is Cc1ccccc1CC1(NC(=O)[C@@H]2CC(=O)N(C3CCCC3)C2)CC1. The Labute approximate surface area is 150 Å². The summed E-state index contributed by atoms with van der Waals surface area (Å²) in [7, 11) is 0. The Bertz CT molecular complexity index is 674. The third-order valence-electron chi connectivity index (χ3n) is 6.33. The number of rotatable bonds is 5. The van der Waals surface area contributed by atoms with Crippen molar-refractivity contribution in [1.82, 2.24) is 10.2 Å². The molecule has 4 rings (SSSR count). The monoisotopic (exact) mass is 340 g/mol. The average molecular weight is 340 g/mol. The topological polar surface area (TPSA) is 49.4 Å². The normalized spacial score (nSPS) is 25.4. The van der Waals surface area contributed by atoms with Crippen molar-refractivity contribution < 1.29 is 9.59 Å². The number of carbonyl (C=O) groups is 2. The molecule has 2 saturated carbocycles. The van der Waals surface area contributed by atoms with Crippen molar-refractivity contribution in [3.63, 3.8) is 0 Å². The van der Waals surface area contributed by atoms with Crippen molar-refractivity contribution >= 4 is 11.8 Å². The van der Waals surface area contributed by atoms with Gasteiger partial charge >= 0.3 is 0 Å². The zero-order valence-corrected chi connectivity index (χ0v) is 15.1. The van der Waals surface area contributed by atoms with E-state index in [-0.39, 0.29) is 23.3 Å². The Morgan fingerprint density at radius 2 is 1.96 bits per heavy atom. The molecule has 1 aromatic carbocycles. The second-order valence-corrected chi connectivity index (χ2v) is 8.26. The van der Waals surface area contributed by atoms with Gasteiger partial charge < -0.3 is 10.2 Å². The molecular formula is C21H28N2O2. The molecule has 3 aliphatic rings. The van der Waals surface area contributed by atoms with Crippen LogP contribution < -0.4 is 5.32 Å². The molecule has 3 fully saturated rings. The lowest BCUT2D eigenvalue weighted by Crippen LogP contribution is -2.43. The highest BCUT2D eigenvalue weighted by atomic mass is 16.2. The van der Waals surface area contributed by atoms with Crippen LogP contribution >= 0.6 is 0 Å². The zero-order chi connectivity index (χ0) is 17.4. The van der Waals surface area contributed by atoms with Crippen molar-refractivity contribution in [2.24, 2.45) is 5.92 Å². The molecule has 0 unspecified atom stereocenters. The van der Waals surface area contributed by atoms with E-state index in [2.05, 4.69) is 36.5 Å². The minimum Gasteiger partial charge on any atom is -0.350 e. The van der Waals surface area contributed by atoms with Gasteiger partial charge in [-0.1, -0.05) is 37.1 Å². The number of aryl methyl sites for hydroxylation is 1. The maximum Gasteiger partial charge on any atom is 0.225 e. The van der Waals surface area contributed by atoms with E-state index in [0.29, 0.717) is 19.0 Å². The second kappa shape index (κ2) is 6.47. The number of hydrogen-bond donors (Lipinski definition) is 1. The predicted molar refractivity (Wildman–Crippen MR) is 97.1 cm³/mol. The first-order chi connectivity index (χ1) is 12.1. The molecule has 134 valence electrons. The van der Waals surface area contributed by atoms with Gasteiger partial charge in [-0.15, -0.1) is 0 Å². The predicted octanol–water partition coefficient (Wildman–Crippen LogP) is 2.98. The lowest BCUT2D eigenvalue weighted by molar-refractivity contribution is -0.130. The van der Waals surface area contributed by atoms with E-state index >= 15 is 0 Å². The fourth-order valence-electron chi connectivity index (χ4n) is 4.51. The maximum absolute atomic E-state index is 12.8. The van der Waals surface area contributed by atoms with E-state index in [1.165, 1.54) is 24.0 Å². The summed E-state index contributed by atoms with van der Waals surface area (Å²) in [6, 6.07) is 8.78. The van der Waals surface area contributed by atoms with Gasteiger partial charge in [-0.3, -0.25) is 9.59 Å². The van der Waals surface area contributed by atoms with E-state index in [0.717, 1.165) is 32.1 Å². The third-order valence-corrected chi connectivity index (χ3v) is 6.33. The van der Waals surface area contributed by atoms with Gasteiger partial charge in [0.15, 0.2) is 0 Å². The summed E-state index contributed by atoms with van der Waals surface area (Å²) in [6.45, 7) is 2.75. The van der Waals surface area contributed by atoms with E-state index in [1.54, 1.807) is 0 Å². The van der Waals surface area contributed by atoms with Gasteiger partial charge in [0.2, 0.25) is 11.8 Å². The summed E-state index contributed by atoms with van der Waals surface area (Å²) in [5.74, 6) is 0.0955. The highest BCUT2D eigenvalue weighted by Crippen LogP contribution is 2.40. The molecule has 1 aliphatic heterocycles. The highest BCUT2D eigenvalue weighted by Gasteiger charge is 2.47. The van der Waals surface area contributed by atoms with Crippen LogP contribution in [-0.2, 0) is 16.0 Å². The Morgan fingerprint density at radius 1 is 1.24 bits per heavy atom. The second-order valence-electron chi connectivity index (χ2n) is 8.26. The van der Waals surface area contributed by atoms with Gasteiger partial charge in [0.05, 0.1) is 5.92 Å². The van der Waals surface area contributed by atoms with Gasteiger partial charge in [-0.05, 0) is 50.2 Å². The molecular weight excluding hydrogens is 312 g/mol. The summed E-state index contributed by atoms with van der Waals surface area (Å²) in [5, 5.41) is 3.30. The molecule has 4 nitrogen and oxygen atoms in total. The molecule has 1 saturated heterocycles. The Hall–Kier alpha value is -1.84. The summed E-state index contributed by atoms with van der Waals surface area (Å²) in [6.07, 6.45) is 8.02. The first-order valence-corrected chi connectivity index (χ1v) is 9.72. The van der Waals surface area contributed by atoms with Crippen molar-refractivity contribution in [2.75, 3.05) is 6.54 Å². The van der Waals surface area contributed by atoms with E-state index in [4.69, 9.17) is 0 Å². The minimum absolute atomic E-state index is 0.0764. The van der Waals surface area contributed by atoms with Crippen molar-refractivity contribution in [3.8, 4) is 0 Å². The Balaban J connectivity index is 1.37. The number of amides is 2. The number of likely N-dealkylation sites (tertiary alicyclic amines) is 1. The lowest BCUT2D eigenvalue weighted by Gasteiger charge is -2.24. The van der Waals surface area contributed by atoms with Crippen LogP contribution in [0, 0.1) is 12.8 Å². The molecule has 4 heteroatoms. The van der Waals surface area contributed by atoms with Crippen LogP contribution in [-0.4, -0.2) is 34.8 Å². The molecule has 0 bridgehead atoms. The highest BCUT2D eigenvalue weighted by molar-refractivity contribution is 5.90. The lowest BCUT2D eigenvalue weighted by atomic mass is 9.98. The van der Waals surface area contributed by atoms with Crippen molar-refractivity contribution in [2.45, 2.75) is 69.9 Å². The standard InChI is InChI=1S/C21H28N2O2/c1-15-6-2-3-7-16(15)13-21(10-11-21)22-20(25)17-12-19(24)23(14-17)18-8-4-5-9-18/h2-3,6-7,17-18H,4-5,8-14H2,1H3,(H,22,25)/t17-/m1/s1. The number of nitrogens with zero attached hydrogens (tertiary/aromatic N) is 1. The Morgan fingerprint density at radius 3 is 2.64 bits per heavy atom. The number of nitrogens with one attached hydrogen (secondary N) is 1. The zero-order valence-electron chi connectivity index (χ0n) is 15.1. The van der Waals surface area contributed by atoms with Gasteiger partial charge in [-0.25, -0.2) is 0 Å². The number of benzene rings is 1. The number of hydrogen-bond acceptors (Lipinski definition) is 2. The molecule has 2 amide bonds. The van der Waals surface area contributed by atoms with E-state index in [1.807, 2.05) is 4.90 Å². The van der Waals surface area contributed by atoms with Crippen LogP contribution in [0.3, 0.4) is 0 Å². The summed E-state index contributed by atoms with van der Waals surface area (Å²) >= 11 is 0. The Kier molecular flexibility index (Phi) is 4.30. The first-order valence-electron chi connectivity index (χ1n) is 9.72. The number of carbonyl (C=O) groups excluding carboxylic acids is 2. The molecule has 2 aliphatic carbocycles. The van der Waals surface area contributed by atoms with E-state index in [9.17, 15) is 9.59 Å². The molecule has 0 radical (unpaired) electrons. The third kappa shape index (κ3) is 3.44. The minimum atomic E-state index is -0.164. The van der Waals surface area contributed by atoms with Crippen molar-refractivity contribution in [1.29, 1.82) is 0 Å².